The van der Waals surface area contributed by atoms with Crippen molar-refractivity contribution in [2.24, 2.45) is 17.6 Å². The van der Waals surface area contributed by atoms with E-state index in [1.54, 1.807) is 12.1 Å². The Bertz CT molecular complexity index is 1010. The summed E-state index contributed by atoms with van der Waals surface area (Å²) in [6.45, 7) is 5.76. The first-order valence-electron chi connectivity index (χ1n) is 11.8. The summed E-state index contributed by atoms with van der Waals surface area (Å²) in [5.74, 6) is -0.460. The van der Waals surface area contributed by atoms with E-state index in [0.29, 0.717) is 5.92 Å². The zero-order valence-corrected chi connectivity index (χ0v) is 19.5. The third kappa shape index (κ3) is 4.60. The van der Waals surface area contributed by atoms with Gasteiger partial charge < -0.3 is 11.2 Å². The molecule has 0 saturated carbocycles. The van der Waals surface area contributed by atoms with Gasteiger partial charge in [0.1, 0.15) is 11.9 Å². The molecule has 1 heterocycles. The molecule has 0 saturated heterocycles. The van der Waals surface area contributed by atoms with E-state index in [1.165, 1.54) is 35.8 Å². The SMILES string of the molecule is CCCC(C[C@H]1CCC2=C1[C@@H](C)C1=CNN(c3ccc(F)cc3)C1=C2)NC(C(C)=O)C(N)=O. The first-order chi connectivity index (χ1) is 15.8. The van der Waals surface area contributed by atoms with Gasteiger partial charge in [0.25, 0.3) is 0 Å². The maximum absolute atomic E-state index is 13.4. The van der Waals surface area contributed by atoms with E-state index in [4.69, 9.17) is 5.73 Å². The number of Topliss-reactive ketones (excluding diaryl/α,β-unsaturated/α-hetero) is 1. The summed E-state index contributed by atoms with van der Waals surface area (Å²) >= 11 is 0. The molecule has 3 aliphatic rings. The molecule has 1 aliphatic heterocycles. The van der Waals surface area contributed by atoms with Gasteiger partial charge in [-0.15, -0.1) is 0 Å². The minimum absolute atomic E-state index is 0.0530. The van der Waals surface area contributed by atoms with E-state index in [0.717, 1.165) is 43.5 Å². The van der Waals surface area contributed by atoms with Crippen molar-refractivity contribution in [1.82, 2.24) is 10.7 Å². The van der Waals surface area contributed by atoms with Crippen molar-refractivity contribution in [2.75, 3.05) is 5.01 Å². The number of primary amides is 1. The van der Waals surface area contributed by atoms with Crippen LogP contribution in [0.15, 0.2) is 59.0 Å². The summed E-state index contributed by atoms with van der Waals surface area (Å²) < 4.78 is 13.4. The van der Waals surface area contributed by atoms with Crippen LogP contribution in [0.2, 0.25) is 0 Å². The van der Waals surface area contributed by atoms with Gasteiger partial charge >= 0.3 is 0 Å². The lowest BCUT2D eigenvalue weighted by atomic mass is 9.78. The number of hydrazine groups is 1. The highest BCUT2D eigenvalue weighted by Gasteiger charge is 2.39. The molecule has 0 aromatic heterocycles. The third-order valence-electron chi connectivity index (χ3n) is 7.09. The number of hydrogen-bond acceptors (Lipinski definition) is 5. The highest BCUT2D eigenvalue weighted by atomic mass is 19.1. The molecule has 1 amide bonds. The Morgan fingerprint density at radius 3 is 2.67 bits per heavy atom. The molecule has 1 aromatic carbocycles. The summed E-state index contributed by atoms with van der Waals surface area (Å²) in [5.41, 5.74) is 14.9. The number of amides is 1. The van der Waals surface area contributed by atoms with Gasteiger partial charge in [0.05, 0.1) is 11.4 Å². The number of hydrogen-bond donors (Lipinski definition) is 3. The second-order valence-electron chi connectivity index (χ2n) is 9.34. The molecule has 4 rings (SSSR count). The zero-order chi connectivity index (χ0) is 23.7. The van der Waals surface area contributed by atoms with Crippen molar-refractivity contribution >= 4 is 17.4 Å². The highest BCUT2D eigenvalue weighted by molar-refractivity contribution is 6.03. The standard InChI is InChI=1S/C26H33FN4O2/c1-4-5-20(30-25(16(3)32)26(28)33)12-17-6-7-18-13-23-22(15(2)24(17)18)14-29-31(23)21-10-8-19(27)9-11-21/h8-11,13-15,17,20,25,29-30H,4-7,12H2,1-3H3,(H2,28,33)/t15-,17+,20?,25?/m0/s1. The Balaban J connectivity index is 1.56. The van der Waals surface area contributed by atoms with Gasteiger partial charge in [0, 0.05) is 23.7 Å². The number of nitrogens with two attached hydrogens (primary N) is 1. The monoisotopic (exact) mass is 452 g/mol. The highest BCUT2D eigenvalue weighted by Crippen LogP contribution is 2.49. The van der Waals surface area contributed by atoms with Gasteiger partial charge in [-0.3, -0.25) is 19.9 Å². The number of carbonyl (C=O) groups is 2. The van der Waals surface area contributed by atoms with E-state index >= 15 is 0 Å². The molecular formula is C26H33FN4O2. The first kappa shape index (κ1) is 23.2. The summed E-state index contributed by atoms with van der Waals surface area (Å²) in [4.78, 5) is 23.7. The fraction of sp³-hybridized carbons (Fsp3) is 0.462. The number of halogens is 1. The number of rotatable bonds is 9. The second-order valence-corrected chi connectivity index (χ2v) is 9.34. The van der Waals surface area contributed by atoms with Crippen molar-refractivity contribution in [3.8, 4) is 0 Å². The molecule has 7 heteroatoms. The van der Waals surface area contributed by atoms with Gasteiger partial charge in [-0.1, -0.05) is 25.8 Å². The number of anilines is 1. The number of fused-ring (bicyclic) bond motifs is 1. The van der Waals surface area contributed by atoms with Crippen molar-refractivity contribution in [3.63, 3.8) is 0 Å². The van der Waals surface area contributed by atoms with Crippen LogP contribution < -0.4 is 21.5 Å². The average Bonchev–Trinajstić information content (AvgIpc) is 3.37. The molecule has 0 radical (unpaired) electrons. The fourth-order valence-corrected chi connectivity index (χ4v) is 5.56. The number of carbonyl (C=O) groups excluding carboxylic acids is 2. The van der Waals surface area contributed by atoms with E-state index in [2.05, 4.69) is 30.7 Å². The van der Waals surface area contributed by atoms with Gasteiger partial charge in [-0.25, -0.2) is 4.39 Å². The van der Waals surface area contributed by atoms with E-state index in [9.17, 15) is 14.0 Å². The summed E-state index contributed by atoms with van der Waals surface area (Å²) in [7, 11) is 0. The average molecular weight is 453 g/mol. The Morgan fingerprint density at radius 2 is 2.03 bits per heavy atom. The predicted molar refractivity (Wildman–Crippen MR) is 127 cm³/mol. The van der Waals surface area contributed by atoms with Crippen molar-refractivity contribution in [2.45, 2.75) is 65.0 Å². The van der Waals surface area contributed by atoms with Crippen LogP contribution >= 0.6 is 0 Å². The fourth-order valence-electron chi connectivity index (χ4n) is 5.56. The smallest absolute Gasteiger partial charge is 0.242 e. The number of allylic oxidation sites excluding steroid dienone is 4. The number of nitrogens with zero attached hydrogens (tertiary/aromatic N) is 1. The van der Waals surface area contributed by atoms with Crippen LogP contribution in [0.4, 0.5) is 10.1 Å². The molecule has 6 nitrogen and oxygen atoms in total. The first-order valence-corrected chi connectivity index (χ1v) is 11.8. The molecule has 4 atom stereocenters. The van der Waals surface area contributed by atoms with E-state index < -0.39 is 11.9 Å². The van der Waals surface area contributed by atoms with Crippen LogP contribution in [0, 0.1) is 17.7 Å². The van der Waals surface area contributed by atoms with Gasteiger partial charge in [-0.2, -0.15) is 0 Å². The predicted octanol–water partition coefficient (Wildman–Crippen LogP) is 3.87. The van der Waals surface area contributed by atoms with Crippen LogP contribution in [0.1, 0.15) is 52.9 Å². The molecular weight excluding hydrogens is 419 g/mol. The topological polar surface area (TPSA) is 87.5 Å². The molecule has 33 heavy (non-hydrogen) atoms. The Hall–Kier alpha value is -2.93. The molecule has 2 aliphatic carbocycles. The maximum atomic E-state index is 13.4. The molecule has 4 N–H and O–H groups in total. The summed E-state index contributed by atoms with van der Waals surface area (Å²) in [6, 6.07) is 5.61. The molecule has 1 aromatic rings. The Labute approximate surface area is 194 Å². The third-order valence-corrected chi connectivity index (χ3v) is 7.09. The lowest BCUT2D eigenvalue weighted by molar-refractivity contribution is -0.128. The second kappa shape index (κ2) is 9.51. The van der Waals surface area contributed by atoms with E-state index in [1.807, 2.05) is 11.2 Å². The van der Waals surface area contributed by atoms with Crippen LogP contribution in [0.3, 0.4) is 0 Å². The van der Waals surface area contributed by atoms with Crippen molar-refractivity contribution in [1.29, 1.82) is 0 Å². The minimum Gasteiger partial charge on any atom is -0.368 e. The molecule has 0 spiro atoms. The summed E-state index contributed by atoms with van der Waals surface area (Å²) in [5, 5.41) is 5.25. The van der Waals surface area contributed by atoms with E-state index in [-0.39, 0.29) is 23.6 Å². The molecule has 2 unspecified atom stereocenters. The quantitative estimate of drug-likeness (QED) is 0.495. The van der Waals surface area contributed by atoms with Crippen LogP contribution in [-0.2, 0) is 9.59 Å². The normalized spacial score (nSPS) is 23.3. The van der Waals surface area contributed by atoms with Crippen LogP contribution in [-0.4, -0.2) is 23.8 Å². The number of nitrogens with one attached hydrogen (secondary N) is 2. The lowest BCUT2D eigenvalue weighted by Gasteiger charge is -2.32. The van der Waals surface area contributed by atoms with Crippen LogP contribution in [0.25, 0.3) is 0 Å². The Kier molecular flexibility index (Phi) is 6.70. The van der Waals surface area contributed by atoms with Crippen molar-refractivity contribution in [3.05, 3.63) is 64.8 Å². The van der Waals surface area contributed by atoms with Gasteiger partial charge in [0.2, 0.25) is 5.91 Å². The lowest BCUT2D eigenvalue weighted by Crippen LogP contribution is -2.51. The Morgan fingerprint density at radius 1 is 1.30 bits per heavy atom. The van der Waals surface area contributed by atoms with Gasteiger partial charge in [-0.05, 0) is 74.4 Å². The number of ketones is 1. The summed E-state index contributed by atoms with van der Waals surface area (Å²) in [6.07, 6.45) is 9.07. The minimum atomic E-state index is -0.933. The maximum Gasteiger partial charge on any atom is 0.242 e. The molecule has 0 bridgehead atoms. The molecule has 0 fully saturated rings. The van der Waals surface area contributed by atoms with Crippen molar-refractivity contribution < 1.29 is 14.0 Å². The molecule has 176 valence electrons. The van der Waals surface area contributed by atoms with Gasteiger partial charge in [0.15, 0.2) is 5.78 Å². The largest absolute Gasteiger partial charge is 0.368 e. The van der Waals surface area contributed by atoms with Crippen LogP contribution in [0.5, 0.6) is 0 Å². The zero-order valence-electron chi connectivity index (χ0n) is 19.5. The number of benzene rings is 1.